The monoisotopic (exact) mass is 396 g/mol. The number of nitrogens with one attached hydrogen (secondary N) is 1. The Morgan fingerprint density at radius 2 is 2.00 bits per heavy atom. The van der Waals surface area contributed by atoms with Crippen LogP contribution in [0.2, 0.25) is 0 Å². The summed E-state index contributed by atoms with van der Waals surface area (Å²) in [6.07, 6.45) is 0.525. The van der Waals surface area contributed by atoms with Gasteiger partial charge in [0.25, 0.3) is 16.1 Å². The molecule has 1 amide bonds. The van der Waals surface area contributed by atoms with Crippen LogP contribution in [0.1, 0.15) is 20.9 Å². The van der Waals surface area contributed by atoms with E-state index >= 15 is 0 Å². The number of hydrogen-bond donors (Lipinski definition) is 1. The topological polar surface area (TPSA) is 91.8 Å². The quantitative estimate of drug-likeness (QED) is 0.828. The van der Waals surface area contributed by atoms with Crippen molar-refractivity contribution in [1.82, 2.24) is 13.6 Å². The first-order valence-electron chi connectivity index (χ1n) is 7.93. The van der Waals surface area contributed by atoms with Crippen LogP contribution in [0.25, 0.3) is 0 Å². The molecule has 0 aliphatic carbocycles. The number of aromatic nitrogens is 1. The predicted octanol–water partition coefficient (Wildman–Crippen LogP) is 1.57. The van der Waals surface area contributed by atoms with Gasteiger partial charge >= 0.3 is 0 Å². The maximum Gasteiger partial charge on any atom is 0.281 e. The van der Waals surface area contributed by atoms with E-state index in [1.165, 1.54) is 34.0 Å². The van der Waals surface area contributed by atoms with Crippen LogP contribution >= 0.6 is 11.3 Å². The van der Waals surface area contributed by atoms with Crippen molar-refractivity contribution >= 4 is 32.6 Å². The van der Waals surface area contributed by atoms with Crippen LogP contribution in [0, 0.1) is 0 Å². The van der Waals surface area contributed by atoms with Crippen molar-refractivity contribution in [2.75, 3.05) is 33.1 Å². The van der Waals surface area contributed by atoms with E-state index in [0.29, 0.717) is 29.4 Å². The second-order valence-corrected chi connectivity index (χ2v) is 9.17. The second kappa shape index (κ2) is 7.31. The summed E-state index contributed by atoms with van der Waals surface area (Å²) in [6, 6.07) is 6.78. The SMILES string of the molecule is COc1ccc(C(=O)Nc2nc3c(s2)CN(S(=O)(=O)N(C)C)CC3)cc1. The maximum absolute atomic E-state index is 12.3. The summed E-state index contributed by atoms with van der Waals surface area (Å²) >= 11 is 1.31. The number of carbonyl (C=O) groups excluding carboxylic acids is 1. The molecule has 1 aromatic heterocycles. The summed E-state index contributed by atoms with van der Waals surface area (Å²) in [7, 11) is 1.13. The fourth-order valence-corrected chi connectivity index (χ4v) is 4.74. The van der Waals surface area contributed by atoms with Gasteiger partial charge in [0.2, 0.25) is 0 Å². The van der Waals surface area contributed by atoms with Crippen molar-refractivity contribution in [2.45, 2.75) is 13.0 Å². The molecule has 1 aromatic carbocycles. The van der Waals surface area contributed by atoms with E-state index in [-0.39, 0.29) is 12.5 Å². The second-order valence-electron chi connectivity index (χ2n) is 5.95. The number of benzene rings is 1. The lowest BCUT2D eigenvalue weighted by atomic mass is 10.2. The number of carbonyl (C=O) groups is 1. The third-order valence-electron chi connectivity index (χ3n) is 4.06. The molecule has 1 aliphatic rings. The van der Waals surface area contributed by atoms with Crippen molar-refractivity contribution in [1.29, 1.82) is 0 Å². The highest BCUT2D eigenvalue weighted by molar-refractivity contribution is 7.86. The number of thiazole rings is 1. The molecular formula is C16H20N4O4S2. The van der Waals surface area contributed by atoms with E-state index in [2.05, 4.69) is 10.3 Å². The summed E-state index contributed by atoms with van der Waals surface area (Å²) in [4.78, 5) is 17.6. The van der Waals surface area contributed by atoms with Crippen molar-refractivity contribution in [3.8, 4) is 5.75 Å². The predicted molar refractivity (Wildman–Crippen MR) is 99.8 cm³/mol. The van der Waals surface area contributed by atoms with Crippen LogP contribution in [0.4, 0.5) is 5.13 Å². The third kappa shape index (κ3) is 3.73. The zero-order chi connectivity index (χ0) is 18.9. The molecule has 0 radical (unpaired) electrons. The average molecular weight is 396 g/mol. The molecule has 0 fully saturated rings. The first kappa shape index (κ1) is 18.8. The van der Waals surface area contributed by atoms with E-state index in [0.717, 1.165) is 10.6 Å². The third-order valence-corrected chi connectivity index (χ3v) is 6.94. The lowest BCUT2D eigenvalue weighted by molar-refractivity contribution is 0.102. The summed E-state index contributed by atoms with van der Waals surface area (Å²) in [5, 5.41) is 3.25. The Bertz CT molecular complexity index is 907. The molecule has 0 saturated carbocycles. The molecule has 3 rings (SSSR count). The Labute approximate surface area is 156 Å². The highest BCUT2D eigenvalue weighted by Crippen LogP contribution is 2.30. The van der Waals surface area contributed by atoms with Crippen LogP contribution in [-0.4, -0.2) is 55.7 Å². The van der Waals surface area contributed by atoms with E-state index in [1.54, 1.807) is 31.4 Å². The van der Waals surface area contributed by atoms with Gasteiger partial charge in [-0.3, -0.25) is 10.1 Å². The highest BCUT2D eigenvalue weighted by atomic mass is 32.2. The molecule has 26 heavy (non-hydrogen) atoms. The molecule has 140 valence electrons. The molecule has 0 atom stereocenters. The summed E-state index contributed by atoms with van der Waals surface area (Å²) < 4.78 is 32.2. The number of hydrogen-bond acceptors (Lipinski definition) is 6. The Hall–Kier alpha value is -2.01. The van der Waals surface area contributed by atoms with Crippen molar-refractivity contribution in [2.24, 2.45) is 0 Å². The first-order valence-corrected chi connectivity index (χ1v) is 10.1. The normalized spacial score (nSPS) is 14.9. The van der Waals surface area contributed by atoms with Crippen LogP contribution in [0.15, 0.2) is 24.3 Å². The fraction of sp³-hybridized carbons (Fsp3) is 0.375. The molecule has 2 heterocycles. The average Bonchev–Trinajstić information content (AvgIpc) is 3.02. The molecule has 0 bridgehead atoms. The largest absolute Gasteiger partial charge is 0.497 e. The Kier molecular flexibility index (Phi) is 5.28. The molecule has 10 heteroatoms. The number of anilines is 1. The Balaban J connectivity index is 1.72. The zero-order valence-corrected chi connectivity index (χ0v) is 16.4. The van der Waals surface area contributed by atoms with Gasteiger partial charge in [0, 0.05) is 37.5 Å². The van der Waals surface area contributed by atoms with Crippen LogP contribution in [-0.2, 0) is 23.2 Å². The molecule has 0 spiro atoms. The molecule has 0 saturated heterocycles. The Morgan fingerprint density at radius 1 is 1.31 bits per heavy atom. The van der Waals surface area contributed by atoms with Gasteiger partial charge in [-0.05, 0) is 24.3 Å². The van der Waals surface area contributed by atoms with E-state index in [4.69, 9.17) is 4.74 Å². The standard InChI is InChI=1S/C16H20N4O4S2/c1-19(2)26(22,23)20-9-8-13-14(10-20)25-16(17-13)18-15(21)11-4-6-12(24-3)7-5-11/h4-7H,8-10H2,1-3H3,(H,17,18,21). The minimum atomic E-state index is -3.46. The van der Waals surface area contributed by atoms with Crippen LogP contribution in [0.5, 0.6) is 5.75 Å². The molecule has 1 N–H and O–H groups in total. The number of fused-ring (bicyclic) bond motifs is 1. The van der Waals surface area contributed by atoms with E-state index in [9.17, 15) is 13.2 Å². The number of methoxy groups -OCH3 is 1. The molecule has 2 aromatic rings. The van der Waals surface area contributed by atoms with Crippen molar-refractivity contribution < 1.29 is 17.9 Å². The minimum absolute atomic E-state index is 0.267. The summed E-state index contributed by atoms with van der Waals surface area (Å²) in [5.41, 5.74) is 1.33. The number of nitrogens with zero attached hydrogens (tertiary/aromatic N) is 3. The molecule has 0 unspecified atom stereocenters. The van der Waals surface area contributed by atoms with Gasteiger partial charge in [-0.1, -0.05) is 0 Å². The van der Waals surface area contributed by atoms with Crippen LogP contribution < -0.4 is 10.1 Å². The van der Waals surface area contributed by atoms with Gasteiger partial charge in [0.05, 0.1) is 19.3 Å². The molecular weight excluding hydrogens is 376 g/mol. The van der Waals surface area contributed by atoms with Crippen molar-refractivity contribution in [3.05, 3.63) is 40.4 Å². The summed E-state index contributed by atoms with van der Waals surface area (Å²) in [6.45, 7) is 0.648. The lowest BCUT2D eigenvalue weighted by Gasteiger charge is -2.27. The van der Waals surface area contributed by atoms with Gasteiger partial charge in [-0.2, -0.15) is 17.0 Å². The minimum Gasteiger partial charge on any atom is -0.497 e. The van der Waals surface area contributed by atoms with Crippen molar-refractivity contribution in [3.63, 3.8) is 0 Å². The lowest BCUT2D eigenvalue weighted by Crippen LogP contribution is -2.42. The molecule has 8 nitrogen and oxygen atoms in total. The van der Waals surface area contributed by atoms with E-state index < -0.39 is 10.2 Å². The first-order chi connectivity index (χ1) is 12.3. The maximum atomic E-state index is 12.3. The van der Waals surface area contributed by atoms with Gasteiger partial charge in [0.1, 0.15) is 5.75 Å². The van der Waals surface area contributed by atoms with Crippen LogP contribution in [0.3, 0.4) is 0 Å². The Morgan fingerprint density at radius 3 is 2.62 bits per heavy atom. The van der Waals surface area contributed by atoms with Gasteiger partial charge in [-0.25, -0.2) is 4.98 Å². The van der Waals surface area contributed by atoms with Gasteiger partial charge in [0.15, 0.2) is 5.13 Å². The zero-order valence-electron chi connectivity index (χ0n) is 14.7. The summed E-state index contributed by atoms with van der Waals surface area (Å²) in [5.74, 6) is 0.407. The fourth-order valence-electron chi connectivity index (χ4n) is 2.57. The van der Waals surface area contributed by atoms with E-state index in [1.807, 2.05) is 0 Å². The molecule has 1 aliphatic heterocycles. The smallest absolute Gasteiger partial charge is 0.281 e. The number of ether oxygens (including phenoxy) is 1. The number of rotatable bonds is 5. The number of amides is 1. The van der Waals surface area contributed by atoms with Gasteiger partial charge < -0.3 is 4.74 Å². The van der Waals surface area contributed by atoms with Gasteiger partial charge in [-0.15, -0.1) is 11.3 Å². The highest BCUT2D eigenvalue weighted by Gasteiger charge is 2.30.